The Balaban J connectivity index is 2.01. The first-order valence-corrected chi connectivity index (χ1v) is 6.00. The zero-order valence-electron chi connectivity index (χ0n) is 10.2. The van der Waals surface area contributed by atoms with Gasteiger partial charge in [-0.05, 0) is 12.0 Å². The number of nitrogens with zero attached hydrogens (tertiary/aromatic N) is 1. The summed E-state index contributed by atoms with van der Waals surface area (Å²) in [5.41, 5.74) is 1.15. The second-order valence-electron chi connectivity index (χ2n) is 4.64. The molecular weight excluding hydrogens is 214 g/mol. The number of hydrogen-bond acceptors (Lipinski definition) is 2. The summed E-state index contributed by atoms with van der Waals surface area (Å²) in [6.45, 7) is 4.15. The van der Waals surface area contributed by atoms with Gasteiger partial charge >= 0.3 is 0 Å². The molecule has 2 rings (SSSR count). The minimum Gasteiger partial charge on any atom is -0.282 e. The van der Waals surface area contributed by atoms with E-state index >= 15 is 0 Å². The molecule has 1 fully saturated rings. The third kappa shape index (κ3) is 2.23. The predicted octanol–water partition coefficient (Wildman–Crippen LogP) is 1.87. The van der Waals surface area contributed by atoms with Crippen LogP contribution in [0.1, 0.15) is 19.4 Å². The Morgan fingerprint density at radius 2 is 1.53 bits per heavy atom. The highest BCUT2D eigenvalue weighted by atomic mass is 16.2. The zero-order valence-corrected chi connectivity index (χ0v) is 10.2. The molecule has 1 heterocycles. The van der Waals surface area contributed by atoms with Crippen LogP contribution in [0.4, 0.5) is 0 Å². The van der Waals surface area contributed by atoms with Crippen LogP contribution in [-0.2, 0) is 16.0 Å². The lowest BCUT2D eigenvalue weighted by molar-refractivity contribution is -0.139. The van der Waals surface area contributed by atoms with Crippen molar-refractivity contribution in [2.45, 2.75) is 20.3 Å². The van der Waals surface area contributed by atoms with E-state index in [-0.39, 0.29) is 23.7 Å². The Labute approximate surface area is 101 Å². The number of benzene rings is 1. The largest absolute Gasteiger partial charge is 0.282 e. The monoisotopic (exact) mass is 231 g/mol. The summed E-state index contributed by atoms with van der Waals surface area (Å²) < 4.78 is 0. The molecule has 1 aliphatic heterocycles. The molecule has 0 saturated carbocycles. The van der Waals surface area contributed by atoms with Gasteiger partial charge in [-0.2, -0.15) is 0 Å². The van der Waals surface area contributed by atoms with Gasteiger partial charge in [0.25, 0.3) is 0 Å². The Morgan fingerprint density at radius 3 is 2.06 bits per heavy atom. The third-order valence-corrected chi connectivity index (χ3v) is 3.53. The van der Waals surface area contributed by atoms with Crippen molar-refractivity contribution in [1.82, 2.24) is 4.90 Å². The summed E-state index contributed by atoms with van der Waals surface area (Å²) in [4.78, 5) is 25.1. The molecule has 2 atom stereocenters. The van der Waals surface area contributed by atoms with Crippen molar-refractivity contribution in [3.8, 4) is 0 Å². The SMILES string of the molecule is CC1C(=O)N(CCc2ccccc2)C(=O)C1C. The molecule has 2 unspecified atom stereocenters. The first kappa shape index (κ1) is 11.8. The number of hydrogen-bond donors (Lipinski definition) is 0. The average Bonchev–Trinajstić information content (AvgIpc) is 2.54. The fraction of sp³-hybridized carbons (Fsp3) is 0.429. The van der Waals surface area contributed by atoms with Gasteiger partial charge in [0.2, 0.25) is 11.8 Å². The normalized spacial score (nSPS) is 24.5. The van der Waals surface area contributed by atoms with E-state index in [1.165, 1.54) is 4.90 Å². The van der Waals surface area contributed by atoms with E-state index in [0.717, 1.165) is 12.0 Å². The molecule has 0 bridgehead atoms. The zero-order chi connectivity index (χ0) is 12.4. The molecule has 1 aromatic rings. The Kier molecular flexibility index (Phi) is 3.27. The standard InChI is InChI=1S/C14H17NO2/c1-10-11(2)14(17)15(13(10)16)9-8-12-6-4-3-5-7-12/h3-7,10-11H,8-9H2,1-2H3. The number of amides is 2. The van der Waals surface area contributed by atoms with Gasteiger partial charge in [-0.15, -0.1) is 0 Å². The van der Waals surface area contributed by atoms with E-state index in [1.54, 1.807) is 0 Å². The molecule has 3 heteroatoms. The van der Waals surface area contributed by atoms with E-state index in [9.17, 15) is 9.59 Å². The van der Waals surface area contributed by atoms with Gasteiger partial charge < -0.3 is 0 Å². The van der Waals surface area contributed by atoms with Crippen LogP contribution in [0.25, 0.3) is 0 Å². The van der Waals surface area contributed by atoms with Gasteiger partial charge in [0.1, 0.15) is 0 Å². The maximum atomic E-state index is 11.9. The fourth-order valence-electron chi connectivity index (χ4n) is 2.13. The lowest BCUT2D eigenvalue weighted by Gasteiger charge is -2.14. The first-order valence-electron chi connectivity index (χ1n) is 6.00. The van der Waals surface area contributed by atoms with Crippen LogP contribution in [0.3, 0.4) is 0 Å². The van der Waals surface area contributed by atoms with Crippen molar-refractivity contribution in [2.75, 3.05) is 6.54 Å². The highest BCUT2D eigenvalue weighted by Crippen LogP contribution is 2.25. The summed E-state index contributed by atoms with van der Waals surface area (Å²) in [5.74, 6) is -0.395. The van der Waals surface area contributed by atoms with Gasteiger partial charge in [-0.1, -0.05) is 44.2 Å². The van der Waals surface area contributed by atoms with Crippen molar-refractivity contribution in [2.24, 2.45) is 11.8 Å². The molecule has 90 valence electrons. The maximum Gasteiger partial charge on any atom is 0.232 e. The van der Waals surface area contributed by atoms with Gasteiger partial charge in [0.15, 0.2) is 0 Å². The van der Waals surface area contributed by atoms with E-state index in [0.29, 0.717) is 6.54 Å². The topological polar surface area (TPSA) is 37.4 Å². The summed E-state index contributed by atoms with van der Waals surface area (Å²) in [6, 6.07) is 9.91. The van der Waals surface area contributed by atoms with Crippen molar-refractivity contribution < 1.29 is 9.59 Å². The highest BCUT2D eigenvalue weighted by molar-refractivity contribution is 6.04. The second kappa shape index (κ2) is 4.70. The molecule has 3 nitrogen and oxygen atoms in total. The minimum atomic E-state index is -0.168. The van der Waals surface area contributed by atoms with Gasteiger partial charge in [0, 0.05) is 18.4 Å². The molecule has 2 amide bonds. The summed E-state index contributed by atoms with van der Waals surface area (Å²) in [5, 5.41) is 0. The maximum absolute atomic E-state index is 11.9. The van der Waals surface area contributed by atoms with Gasteiger partial charge in [-0.25, -0.2) is 0 Å². The molecular formula is C14H17NO2. The molecule has 0 aliphatic carbocycles. The van der Waals surface area contributed by atoms with Crippen LogP contribution in [-0.4, -0.2) is 23.3 Å². The van der Waals surface area contributed by atoms with Crippen LogP contribution < -0.4 is 0 Å². The van der Waals surface area contributed by atoms with Crippen molar-refractivity contribution in [1.29, 1.82) is 0 Å². The predicted molar refractivity (Wildman–Crippen MR) is 65.2 cm³/mol. The Bertz CT molecular complexity index is 407. The van der Waals surface area contributed by atoms with Crippen LogP contribution in [0, 0.1) is 11.8 Å². The molecule has 1 saturated heterocycles. The summed E-state index contributed by atoms with van der Waals surface area (Å²) in [6.07, 6.45) is 0.734. The molecule has 0 radical (unpaired) electrons. The lowest BCUT2D eigenvalue weighted by atomic mass is 10.00. The van der Waals surface area contributed by atoms with Crippen molar-refractivity contribution in [3.05, 3.63) is 35.9 Å². The number of carbonyl (C=O) groups excluding carboxylic acids is 2. The lowest BCUT2D eigenvalue weighted by Crippen LogP contribution is -2.32. The molecule has 1 aliphatic rings. The summed E-state index contributed by atoms with van der Waals surface area (Å²) in [7, 11) is 0. The number of likely N-dealkylation sites (tertiary alicyclic amines) is 1. The molecule has 0 aromatic heterocycles. The van der Waals surface area contributed by atoms with Crippen LogP contribution in [0.15, 0.2) is 30.3 Å². The number of rotatable bonds is 3. The quantitative estimate of drug-likeness (QED) is 0.745. The Morgan fingerprint density at radius 1 is 1.00 bits per heavy atom. The van der Waals surface area contributed by atoms with Gasteiger partial charge in [-0.3, -0.25) is 14.5 Å². The van der Waals surface area contributed by atoms with Crippen molar-refractivity contribution >= 4 is 11.8 Å². The molecule has 0 spiro atoms. The fourth-order valence-corrected chi connectivity index (χ4v) is 2.13. The second-order valence-corrected chi connectivity index (χ2v) is 4.64. The Hall–Kier alpha value is -1.64. The van der Waals surface area contributed by atoms with Crippen molar-refractivity contribution in [3.63, 3.8) is 0 Å². The molecule has 0 N–H and O–H groups in total. The average molecular weight is 231 g/mol. The highest BCUT2D eigenvalue weighted by Gasteiger charge is 2.41. The smallest absolute Gasteiger partial charge is 0.232 e. The minimum absolute atomic E-state index is 0.0292. The van der Waals surface area contributed by atoms with E-state index < -0.39 is 0 Å². The van der Waals surface area contributed by atoms with Crippen LogP contribution in [0.5, 0.6) is 0 Å². The van der Waals surface area contributed by atoms with Crippen LogP contribution in [0.2, 0.25) is 0 Å². The molecule has 1 aromatic carbocycles. The molecule has 17 heavy (non-hydrogen) atoms. The summed E-state index contributed by atoms with van der Waals surface area (Å²) >= 11 is 0. The van der Waals surface area contributed by atoms with Crippen LogP contribution >= 0.6 is 0 Å². The third-order valence-electron chi connectivity index (χ3n) is 3.53. The number of carbonyl (C=O) groups is 2. The van der Waals surface area contributed by atoms with E-state index in [1.807, 2.05) is 44.2 Å². The van der Waals surface area contributed by atoms with Gasteiger partial charge in [0.05, 0.1) is 0 Å². The van der Waals surface area contributed by atoms with E-state index in [4.69, 9.17) is 0 Å². The number of imide groups is 1. The van der Waals surface area contributed by atoms with E-state index in [2.05, 4.69) is 0 Å². The first-order chi connectivity index (χ1) is 8.11.